The number of rotatable bonds is 4. The highest BCUT2D eigenvalue weighted by atomic mass is 35.5. The van der Waals surface area contributed by atoms with Crippen LogP contribution in [-0.2, 0) is 10.0 Å². The van der Waals surface area contributed by atoms with Gasteiger partial charge < -0.3 is 9.64 Å². The Morgan fingerprint density at radius 3 is 2.55 bits per heavy atom. The molecule has 0 unspecified atom stereocenters. The standard InChI is InChI=1S/C20H23ClN2O4S2/c1-27-17-5-4-15(21)13-16(17)19(24)22-9-6-20(14-22)7-10-23(11-8-20)29(25,26)18-3-2-12-28-18/h2-5,12-13H,6-11,14H2,1H3. The summed E-state index contributed by atoms with van der Waals surface area (Å²) in [6, 6.07) is 8.46. The Morgan fingerprint density at radius 2 is 1.90 bits per heavy atom. The van der Waals surface area contributed by atoms with E-state index in [0.717, 1.165) is 19.3 Å². The third kappa shape index (κ3) is 3.91. The van der Waals surface area contributed by atoms with Gasteiger partial charge in [-0.2, -0.15) is 4.31 Å². The number of halogens is 1. The molecule has 2 fully saturated rings. The summed E-state index contributed by atoms with van der Waals surface area (Å²) in [4.78, 5) is 14.9. The average Bonchev–Trinajstić information content (AvgIpc) is 3.39. The maximum atomic E-state index is 13.1. The Bertz CT molecular complexity index is 999. The first-order valence-corrected chi connectivity index (χ1v) is 12.2. The maximum Gasteiger partial charge on any atom is 0.257 e. The molecule has 0 atom stereocenters. The minimum Gasteiger partial charge on any atom is -0.496 e. The first-order valence-electron chi connectivity index (χ1n) is 9.51. The second-order valence-electron chi connectivity index (χ2n) is 7.66. The van der Waals surface area contributed by atoms with Crippen LogP contribution in [0, 0.1) is 5.41 Å². The third-order valence-electron chi connectivity index (χ3n) is 5.99. The number of piperidine rings is 1. The smallest absolute Gasteiger partial charge is 0.257 e. The summed E-state index contributed by atoms with van der Waals surface area (Å²) in [5, 5.41) is 2.28. The van der Waals surface area contributed by atoms with Gasteiger partial charge in [0.05, 0.1) is 12.7 Å². The van der Waals surface area contributed by atoms with Crippen molar-refractivity contribution in [1.29, 1.82) is 0 Å². The van der Waals surface area contributed by atoms with Gasteiger partial charge in [0.1, 0.15) is 9.96 Å². The van der Waals surface area contributed by atoms with Gasteiger partial charge >= 0.3 is 0 Å². The molecule has 2 aliphatic rings. The summed E-state index contributed by atoms with van der Waals surface area (Å²) < 4.78 is 32.8. The van der Waals surface area contributed by atoms with E-state index in [1.54, 1.807) is 40.0 Å². The molecule has 1 aromatic carbocycles. The van der Waals surface area contributed by atoms with Crippen LogP contribution in [0.2, 0.25) is 5.02 Å². The number of carbonyl (C=O) groups is 1. The predicted molar refractivity (Wildman–Crippen MR) is 113 cm³/mol. The van der Waals surface area contributed by atoms with Crippen molar-refractivity contribution in [1.82, 2.24) is 9.21 Å². The summed E-state index contributed by atoms with van der Waals surface area (Å²) in [5.74, 6) is 0.423. The number of benzene rings is 1. The van der Waals surface area contributed by atoms with E-state index < -0.39 is 10.0 Å². The summed E-state index contributed by atoms with van der Waals surface area (Å²) in [5.41, 5.74) is 0.443. The number of hydrogen-bond acceptors (Lipinski definition) is 5. The van der Waals surface area contributed by atoms with Crippen molar-refractivity contribution in [2.24, 2.45) is 5.41 Å². The fourth-order valence-electron chi connectivity index (χ4n) is 4.27. The van der Waals surface area contributed by atoms with Gasteiger partial charge in [0.15, 0.2) is 0 Å². The minimum absolute atomic E-state index is 0.0249. The average molecular weight is 455 g/mol. The van der Waals surface area contributed by atoms with Crippen LogP contribution in [0.5, 0.6) is 5.75 Å². The zero-order valence-corrected chi connectivity index (χ0v) is 18.5. The molecule has 0 bridgehead atoms. The van der Waals surface area contributed by atoms with Crippen molar-refractivity contribution in [3.63, 3.8) is 0 Å². The molecule has 1 spiro atoms. The molecule has 1 aromatic heterocycles. The first-order chi connectivity index (χ1) is 13.8. The molecule has 2 saturated heterocycles. The van der Waals surface area contributed by atoms with Gasteiger partial charge in [0.2, 0.25) is 0 Å². The van der Waals surface area contributed by atoms with Gasteiger partial charge in [-0.05, 0) is 54.3 Å². The zero-order valence-electron chi connectivity index (χ0n) is 16.1. The molecule has 9 heteroatoms. The molecule has 0 saturated carbocycles. The zero-order chi connectivity index (χ0) is 20.6. The van der Waals surface area contributed by atoms with Crippen LogP contribution in [0.15, 0.2) is 39.9 Å². The van der Waals surface area contributed by atoms with E-state index in [2.05, 4.69) is 0 Å². The predicted octanol–water partition coefficient (Wildman–Crippen LogP) is 3.73. The lowest BCUT2D eigenvalue weighted by atomic mass is 9.78. The van der Waals surface area contributed by atoms with Crippen molar-refractivity contribution in [2.45, 2.75) is 23.5 Å². The number of sulfonamides is 1. The van der Waals surface area contributed by atoms with Gasteiger partial charge in [-0.3, -0.25) is 4.79 Å². The molecule has 0 aliphatic carbocycles. The molecular formula is C20H23ClN2O4S2. The summed E-state index contributed by atoms with van der Waals surface area (Å²) in [7, 11) is -1.87. The Kier molecular flexibility index (Phi) is 5.63. The number of thiophene rings is 1. The van der Waals surface area contributed by atoms with Crippen LogP contribution in [0.4, 0.5) is 0 Å². The first kappa shape index (κ1) is 20.7. The number of carbonyl (C=O) groups excluding carboxylic acids is 1. The normalized spacial score (nSPS) is 19.6. The number of ether oxygens (including phenoxy) is 1. The molecule has 6 nitrogen and oxygen atoms in total. The highest BCUT2D eigenvalue weighted by Gasteiger charge is 2.44. The highest BCUT2D eigenvalue weighted by Crippen LogP contribution is 2.42. The number of hydrogen-bond donors (Lipinski definition) is 0. The van der Waals surface area contributed by atoms with Crippen molar-refractivity contribution < 1.29 is 17.9 Å². The summed E-state index contributed by atoms with van der Waals surface area (Å²) >= 11 is 7.33. The lowest BCUT2D eigenvalue weighted by Crippen LogP contribution is -2.44. The topological polar surface area (TPSA) is 66.9 Å². The van der Waals surface area contributed by atoms with Gasteiger partial charge in [-0.25, -0.2) is 8.42 Å². The molecule has 0 radical (unpaired) electrons. The summed E-state index contributed by atoms with van der Waals surface area (Å²) in [6.07, 6.45) is 2.40. The van der Waals surface area contributed by atoms with Crippen molar-refractivity contribution in [3.8, 4) is 5.75 Å². The van der Waals surface area contributed by atoms with Gasteiger partial charge in [-0.1, -0.05) is 17.7 Å². The van der Waals surface area contributed by atoms with Crippen molar-refractivity contribution >= 4 is 38.9 Å². The highest BCUT2D eigenvalue weighted by molar-refractivity contribution is 7.91. The second-order valence-corrected chi connectivity index (χ2v) is 11.2. The molecular weight excluding hydrogens is 432 g/mol. The van der Waals surface area contributed by atoms with E-state index in [0.29, 0.717) is 46.7 Å². The van der Waals surface area contributed by atoms with E-state index >= 15 is 0 Å². The minimum atomic E-state index is -3.41. The lowest BCUT2D eigenvalue weighted by molar-refractivity contribution is 0.0747. The number of methoxy groups -OCH3 is 1. The van der Waals surface area contributed by atoms with Gasteiger partial charge in [0, 0.05) is 31.2 Å². The molecule has 3 heterocycles. The number of amides is 1. The van der Waals surface area contributed by atoms with Crippen molar-refractivity contribution in [3.05, 3.63) is 46.3 Å². The van der Waals surface area contributed by atoms with Crippen LogP contribution < -0.4 is 4.74 Å². The Hall–Kier alpha value is -1.61. The SMILES string of the molecule is COc1ccc(Cl)cc1C(=O)N1CCC2(CCN(S(=O)(=O)c3cccs3)CC2)C1. The van der Waals surface area contributed by atoms with Crippen molar-refractivity contribution in [2.75, 3.05) is 33.3 Å². The van der Waals surface area contributed by atoms with E-state index in [1.807, 2.05) is 4.90 Å². The number of nitrogens with zero attached hydrogens (tertiary/aromatic N) is 2. The molecule has 1 amide bonds. The molecule has 4 rings (SSSR count). The summed E-state index contributed by atoms with van der Waals surface area (Å²) in [6.45, 7) is 2.27. The van der Waals surface area contributed by atoms with Gasteiger partial charge in [0.25, 0.3) is 15.9 Å². The van der Waals surface area contributed by atoms with Gasteiger partial charge in [-0.15, -0.1) is 11.3 Å². The lowest BCUT2D eigenvalue weighted by Gasteiger charge is -2.38. The Morgan fingerprint density at radius 1 is 1.17 bits per heavy atom. The fourth-order valence-corrected chi connectivity index (χ4v) is 7.03. The van der Waals surface area contributed by atoms with Crippen LogP contribution >= 0.6 is 22.9 Å². The fraction of sp³-hybridized carbons (Fsp3) is 0.450. The maximum absolute atomic E-state index is 13.1. The molecule has 29 heavy (non-hydrogen) atoms. The second kappa shape index (κ2) is 7.91. The molecule has 2 aliphatic heterocycles. The van der Waals surface area contributed by atoms with E-state index in [4.69, 9.17) is 16.3 Å². The monoisotopic (exact) mass is 454 g/mol. The Labute approximate surface area is 180 Å². The molecule has 156 valence electrons. The molecule has 0 N–H and O–H groups in total. The third-order valence-corrected chi connectivity index (χ3v) is 9.50. The van der Waals surface area contributed by atoms with Crippen LogP contribution in [0.25, 0.3) is 0 Å². The quantitative estimate of drug-likeness (QED) is 0.706. The number of likely N-dealkylation sites (tertiary alicyclic amines) is 1. The molecule has 2 aromatic rings. The van der Waals surface area contributed by atoms with E-state index in [9.17, 15) is 13.2 Å². The largest absolute Gasteiger partial charge is 0.496 e. The van der Waals surface area contributed by atoms with Crippen LogP contribution in [0.1, 0.15) is 29.6 Å². The van der Waals surface area contributed by atoms with Crippen LogP contribution in [0.3, 0.4) is 0 Å². The van der Waals surface area contributed by atoms with E-state index in [1.165, 1.54) is 18.4 Å². The van der Waals surface area contributed by atoms with Crippen LogP contribution in [-0.4, -0.2) is 56.8 Å². The Balaban J connectivity index is 1.44. The van der Waals surface area contributed by atoms with E-state index in [-0.39, 0.29) is 11.3 Å².